The molecule has 0 saturated heterocycles. The Kier molecular flexibility index (Phi) is 8.20. The fourth-order valence-corrected chi connectivity index (χ4v) is 9.55. The molecule has 280 valence electrons. The molecule has 1 aromatic heterocycles. The smallest absolute Gasteiger partial charge is 0.0541 e. The van der Waals surface area contributed by atoms with E-state index in [-0.39, 0.29) is 5.41 Å². The lowest BCUT2D eigenvalue weighted by Gasteiger charge is -2.30. The molecule has 11 rings (SSSR count). The molecule has 0 atom stereocenters. The van der Waals surface area contributed by atoms with E-state index in [1.807, 2.05) is 0 Å². The summed E-state index contributed by atoms with van der Waals surface area (Å²) in [5.74, 6) is 0. The number of fused-ring (bicyclic) bond motifs is 6. The van der Waals surface area contributed by atoms with Gasteiger partial charge in [0, 0.05) is 38.7 Å². The molecule has 0 bridgehead atoms. The van der Waals surface area contributed by atoms with Gasteiger partial charge in [-0.3, -0.25) is 0 Å². The minimum atomic E-state index is -0.110. The zero-order valence-electron chi connectivity index (χ0n) is 33.2. The Morgan fingerprint density at radius 3 is 1.68 bits per heavy atom. The Bertz CT molecular complexity index is 3130. The number of rotatable bonds is 7. The first kappa shape index (κ1) is 34.8. The molecule has 0 amide bonds. The van der Waals surface area contributed by atoms with Gasteiger partial charge in [0.05, 0.1) is 22.4 Å². The number of benzene rings is 9. The standard InChI is InChI=1S/C57H42N2/c1-57(2)51-26-11-6-23-47(51)48-36-35-44(38-52(48)57)58(53-27-12-7-21-45(53)40-17-4-3-5-18-40)43-33-31-39(32-34-43)41-19-16-20-42(37-41)46-22-8-13-28-54(46)59-55-29-14-9-24-49(55)50-25-10-15-30-56(50)59/h3-38H,1-2H3. The number of hydrogen-bond donors (Lipinski definition) is 0. The third kappa shape index (κ3) is 5.71. The van der Waals surface area contributed by atoms with Crippen LogP contribution >= 0.6 is 0 Å². The monoisotopic (exact) mass is 754 g/mol. The van der Waals surface area contributed by atoms with Gasteiger partial charge < -0.3 is 9.47 Å². The molecule has 59 heavy (non-hydrogen) atoms. The van der Waals surface area contributed by atoms with Crippen molar-refractivity contribution < 1.29 is 0 Å². The van der Waals surface area contributed by atoms with Crippen LogP contribution in [0.4, 0.5) is 17.1 Å². The van der Waals surface area contributed by atoms with Gasteiger partial charge in [0.25, 0.3) is 0 Å². The van der Waals surface area contributed by atoms with Gasteiger partial charge in [-0.2, -0.15) is 0 Å². The van der Waals surface area contributed by atoms with Crippen molar-refractivity contribution in [3.05, 3.63) is 230 Å². The van der Waals surface area contributed by atoms with Crippen molar-refractivity contribution in [3.8, 4) is 50.2 Å². The summed E-state index contributed by atoms with van der Waals surface area (Å²) in [4.78, 5) is 2.43. The van der Waals surface area contributed by atoms with Gasteiger partial charge in [0.15, 0.2) is 0 Å². The van der Waals surface area contributed by atoms with E-state index in [9.17, 15) is 0 Å². The summed E-state index contributed by atoms with van der Waals surface area (Å²) < 4.78 is 2.42. The molecule has 0 unspecified atom stereocenters. The van der Waals surface area contributed by atoms with E-state index in [0.29, 0.717) is 0 Å². The Balaban J connectivity index is 1.01. The van der Waals surface area contributed by atoms with Gasteiger partial charge in [-0.05, 0) is 99.1 Å². The maximum absolute atomic E-state index is 2.43. The molecule has 2 nitrogen and oxygen atoms in total. The minimum Gasteiger partial charge on any atom is -0.310 e. The fourth-order valence-electron chi connectivity index (χ4n) is 9.55. The van der Waals surface area contributed by atoms with E-state index in [1.165, 1.54) is 83.1 Å². The third-order valence-electron chi connectivity index (χ3n) is 12.4. The van der Waals surface area contributed by atoms with Gasteiger partial charge in [-0.15, -0.1) is 0 Å². The first-order valence-corrected chi connectivity index (χ1v) is 20.5. The zero-order chi connectivity index (χ0) is 39.5. The molecule has 10 aromatic rings. The Morgan fingerprint density at radius 1 is 0.356 bits per heavy atom. The van der Waals surface area contributed by atoms with Crippen molar-refractivity contribution in [2.45, 2.75) is 19.3 Å². The van der Waals surface area contributed by atoms with Crippen LogP contribution in [0.3, 0.4) is 0 Å². The van der Waals surface area contributed by atoms with Crippen LogP contribution in [0.15, 0.2) is 218 Å². The lowest BCUT2D eigenvalue weighted by atomic mass is 9.82. The second kappa shape index (κ2) is 13.9. The number of para-hydroxylation sites is 4. The highest BCUT2D eigenvalue weighted by molar-refractivity contribution is 6.09. The van der Waals surface area contributed by atoms with E-state index in [4.69, 9.17) is 0 Å². The molecule has 0 saturated carbocycles. The highest BCUT2D eigenvalue weighted by Crippen LogP contribution is 2.51. The molecule has 2 heteroatoms. The second-order valence-corrected chi connectivity index (χ2v) is 16.1. The van der Waals surface area contributed by atoms with E-state index in [2.05, 4.69) is 242 Å². The molecule has 0 fully saturated rings. The third-order valence-corrected chi connectivity index (χ3v) is 12.4. The number of anilines is 3. The molecule has 1 heterocycles. The van der Waals surface area contributed by atoms with Crippen molar-refractivity contribution in [2.75, 3.05) is 4.90 Å². The predicted octanol–water partition coefficient (Wildman–Crippen LogP) is 15.6. The van der Waals surface area contributed by atoms with Crippen LogP contribution < -0.4 is 4.90 Å². The Morgan fingerprint density at radius 2 is 0.915 bits per heavy atom. The molecular formula is C57H42N2. The summed E-state index contributed by atoms with van der Waals surface area (Å²) in [5.41, 5.74) is 19.4. The van der Waals surface area contributed by atoms with Crippen molar-refractivity contribution in [3.63, 3.8) is 0 Å². The Labute approximate surface area is 345 Å². The SMILES string of the molecule is CC1(C)c2ccccc2-c2ccc(N(c3ccc(-c4cccc(-c5ccccc5-n5c6ccccc6c6ccccc65)c4)cc3)c3ccccc3-c3ccccc3)cc21. The number of nitrogens with zero attached hydrogens (tertiary/aromatic N) is 2. The largest absolute Gasteiger partial charge is 0.310 e. The predicted molar refractivity (Wildman–Crippen MR) is 249 cm³/mol. The number of aromatic nitrogens is 1. The fraction of sp³-hybridized carbons (Fsp3) is 0.0526. The maximum Gasteiger partial charge on any atom is 0.0541 e. The van der Waals surface area contributed by atoms with Crippen LogP contribution in [0.5, 0.6) is 0 Å². The second-order valence-electron chi connectivity index (χ2n) is 16.1. The van der Waals surface area contributed by atoms with Crippen LogP contribution in [0.2, 0.25) is 0 Å². The lowest BCUT2D eigenvalue weighted by Crippen LogP contribution is -2.16. The van der Waals surface area contributed by atoms with Crippen LogP contribution in [0, 0.1) is 0 Å². The summed E-state index contributed by atoms with van der Waals surface area (Å²) in [7, 11) is 0. The first-order chi connectivity index (χ1) is 29.0. The van der Waals surface area contributed by atoms with Crippen molar-refractivity contribution in [1.82, 2.24) is 4.57 Å². The van der Waals surface area contributed by atoms with E-state index in [0.717, 1.165) is 17.1 Å². The quantitative estimate of drug-likeness (QED) is 0.157. The van der Waals surface area contributed by atoms with Crippen LogP contribution in [-0.2, 0) is 5.41 Å². The van der Waals surface area contributed by atoms with Gasteiger partial charge >= 0.3 is 0 Å². The number of hydrogen-bond acceptors (Lipinski definition) is 1. The van der Waals surface area contributed by atoms with Crippen LogP contribution in [-0.4, -0.2) is 4.57 Å². The maximum atomic E-state index is 2.43. The van der Waals surface area contributed by atoms with E-state index >= 15 is 0 Å². The van der Waals surface area contributed by atoms with Gasteiger partial charge in [0.2, 0.25) is 0 Å². The summed E-state index contributed by atoms with van der Waals surface area (Å²) in [6.07, 6.45) is 0. The van der Waals surface area contributed by atoms with Crippen LogP contribution in [0.1, 0.15) is 25.0 Å². The normalized spacial score (nSPS) is 12.7. The summed E-state index contributed by atoms with van der Waals surface area (Å²) in [5, 5.41) is 2.53. The van der Waals surface area contributed by atoms with Gasteiger partial charge in [0.1, 0.15) is 0 Å². The minimum absolute atomic E-state index is 0.110. The molecule has 0 N–H and O–H groups in total. The van der Waals surface area contributed by atoms with Gasteiger partial charge in [-0.1, -0.05) is 178 Å². The Hall–Kier alpha value is -7.42. The van der Waals surface area contributed by atoms with Crippen molar-refractivity contribution >= 4 is 38.9 Å². The lowest BCUT2D eigenvalue weighted by molar-refractivity contribution is 0.660. The summed E-state index contributed by atoms with van der Waals surface area (Å²) in [6, 6.07) is 79.8. The molecular weight excluding hydrogens is 713 g/mol. The molecule has 0 spiro atoms. The topological polar surface area (TPSA) is 8.17 Å². The molecule has 0 aliphatic heterocycles. The van der Waals surface area contributed by atoms with Crippen LogP contribution in [0.25, 0.3) is 72.0 Å². The average Bonchev–Trinajstić information content (AvgIpc) is 3.75. The molecule has 1 aliphatic carbocycles. The van der Waals surface area contributed by atoms with Gasteiger partial charge in [-0.25, -0.2) is 0 Å². The van der Waals surface area contributed by atoms with Crippen molar-refractivity contribution in [1.29, 1.82) is 0 Å². The average molecular weight is 755 g/mol. The molecule has 0 radical (unpaired) electrons. The van der Waals surface area contributed by atoms with E-state index < -0.39 is 0 Å². The first-order valence-electron chi connectivity index (χ1n) is 20.5. The molecule has 9 aromatic carbocycles. The highest BCUT2D eigenvalue weighted by atomic mass is 15.1. The molecule has 1 aliphatic rings. The summed E-state index contributed by atoms with van der Waals surface area (Å²) >= 11 is 0. The highest BCUT2D eigenvalue weighted by Gasteiger charge is 2.36. The summed E-state index contributed by atoms with van der Waals surface area (Å²) in [6.45, 7) is 4.71. The zero-order valence-corrected chi connectivity index (χ0v) is 33.2. The van der Waals surface area contributed by atoms with Crippen molar-refractivity contribution in [2.24, 2.45) is 0 Å². The van der Waals surface area contributed by atoms with E-state index in [1.54, 1.807) is 0 Å².